The van der Waals surface area contributed by atoms with E-state index >= 15 is 0 Å². The molecule has 0 saturated heterocycles. The van der Waals surface area contributed by atoms with Gasteiger partial charge < -0.3 is 14.2 Å². The van der Waals surface area contributed by atoms with Crippen LogP contribution in [-0.2, 0) is 4.79 Å². The number of methoxy groups -OCH3 is 1. The molecule has 1 unspecified atom stereocenters. The minimum atomic E-state index is -0.830. The molecule has 0 fully saturated rings. The van der Waals surface area contributed by atoms with Gasteiger partial charge in [-0.1, -0.05) is 26.0 Å². The maximum Gasteiger partial charge on any atom is 0.279 e. The third kappa shape index (κ3) is 7.03. The van der Waals surface area contributed by atoms with Crippen molar-refractivity contribution in [1.82, 2.24) is 10.9 Å². The average Bonchev–Trinajstić information content (AvgIpc) is 2.72. The number of carbonyl (C=O) groups is 2. The van der Waals surface area contributed by atoms with E-state index in [1.54, 1.807) is 55.5 Å². The average molecular weight is 400 g/mol. The molecule has 0 aliphatic carbocycles. The lowest BCUT2D eigenvalue weighted by atomic mass is 10.1. The van der Waals surface area contributed by atoms with Gasteiger partial charge in [0.25, 0.3) is 11.8 Å². The maximum absolute atomic E-state index is 12.2. The number of benzene rings is 2. The van der Waals surface area contributed by atoms with Crippen molar-refractivity contribution in [1.29, 1.82) is 0 Å². The van der Waals surface area contributed by atoms with Crippen molar-refractivity contribution >= 4 is 11.8 Å². The van der Waals surface area contributed by atoms with E-state index in [9.17, 15) is 9.59 Å². The van der Waals surface area contributed by atoms with E-state index in [1.807, 2.05) is 0 Å². The lowest BCUT2D eigenvalue weighted by Crippen LogP contribution is -2.47. The van der Waals surface area contributed by atoms with Crippen LogP contribution in [0.2, 0.25) is 0 Å². The van der Waals surface area contributed by atoms with Crippen molar-refractivity contribution in [3.05, 3.63) is 54.1 Å². The first-order chi connectivity index (χ1) is 13.9. The number of hydrogen-bond acceptors (Lipinski definition) is 5. The summed E-state index contributed by atoms with van der Waals surface area (Å²) >= 11 is 0. The Labute approximate surface area is 171 Å². The van der Waals surface area contributed by atoms with Gasteiger partial charge in [-0.25, -0.2) is 0 Å². The van der Waals surface area contributed by atoms with E-state index in [-0.39, 0.29) is 0 Å². The molecule has 0 heterocycles. The molecule has 2 amide bonds. The van der Waals surface area contributed by atoms with Crippen molar-refractivity contribution in [2.75, 3.05) is 13.7 Å². The van der Waals surface area contributed by atoms with Crippen LogP contribution in [0.1, 0.15) is 37.6 Å². The van der Waals surface area contributed by atoms with Crippen LogP contribution in [0.15, 0.2) is 48.5 Å². The second-order valence-corrected chi connectivity index (χ2v) is 6.91. The summed E-state index contributed by atoms with van der Waals surface area (Å²) < 4.78 is 16.4. The van der Waals surface area contributed by atoms with Crippen LogP contribution in [0.5, 0.6) is 17.2 Å². The van der Waals surface area contributed by atoms with Gasteiger partial charge in [0.15, 0.2) is 17.6 Å². The Bertz CT molecular complexity index is 805. The largest absolute Gasteiger partial charge is 0.494 e. The van der Waals surface area contributed by atoms with Crippen molar-refractivity contribution in [2.45, 2.75) is 33.3 Å². The van der Waals surface area contributed by atoms with Crippen molar-refractivity contribution < 1.29 is 23.8 Å². The van der Waals surface area contributed by atoms with Gasteiger partial charge >= 0.3 is 0 Å². The van der Waals surface area contributed by atoms with Crippen LogP contribution in [0, 0.1) is 5.92 Å². The van der Waals surface area contributed by atoms with Crippen LogP contribution >= 0.6 is 0 Å². The van der Waals surface area contributed by atoms with Gasteiger partial charge in [0.05, 0.1) is 13.7 Å². The molecule has 0 radical (unpaired) electrons. The number of hydrazine groups is 1. The molecule has 29 heavy (non-hydrogen) atoms. The molecule has 2 aromatic carbocycles. The molecule has 7 nitrogen and oxygen atoms in total. The van der Waals surface area contributed by atoms with Crippen molar-refractivity contribution in [3.63, 3.8) is 0 Å². The second-order valence-electron chi connectivity index (χ2n) is 6.91. The fourth-order valence-electron chi connectivity index (χ4n) is 2.37. The minimum Gasteiger partial charge on any atom is -0.494 e. The highest BCUT2D eigenvalue weighted by Gasteiger charge is 2.17. The molecular formula is C22H28N2O5. The lowest BCUT2D eigenvalue weighted by molar-refractivity contribution is -0.128. The SMILES string of the molecule is COc1ccccc1OC(C)C(=O)NNC(=O)c1ccc(OCCC(C)C)cc1. The summed E-state index contributed by atoms with van der Waals surface area (Å²) in [6.07, 6.45) is 0.131. The van der Waals surface area contributed by atoms with Crippen LogP contribution < -0.4 is 25.1 Å². The molecule has 1 atom stereocenters. The van der Waals surface area contributed by atoms with E-state index in [2.05, 4.69) is 24.7 Å². The third-order valence-electron chi connectivity index (χ3n) is 4.12. The Kier molecular flexibility index (Phi) is 8.33. The van der Waals surface area contributed by atoms with E-state index in [4.69, 9.17) is 14.2 Å². The van der Waals surface area contributed by atoms with E-state index in [0.717, 1.165) is 6.42 Å². The van der Waals surface area contributed by atoms with Gasteiger partial charge in [-0.05, 0) is 55.7 Å². The number of rotatable bonds is 9. The summed E-state index contributed by atoms with van der Waals surface area (Å²) in [6, 6.07) is 13.7. The zero-order valence-corrected chi connectivity index (χ0v) is 17.2. The number of amides is 2. The zero-order valence-electron chi connectivity index (χ0n) is 17.2. The van der Waals surface area contributed by atoms with Gasteiger partial charge in [0.1, 0.15) is 5.75 Å². The Hall–Kier alpha value is -3.22. The molecule has 0 bridgehead atoms. The first-order valence-corrected chi connectivity index (χ1v) is 9.53. The van der Waals surface area contributed by atoms with Crippen LogP contribution in [-0.4, -0.2) is 31.6 Å². The lowest BCUT2D eigenvalue weighted by Gasteiger charge is -2.17. The topological polar surface area (TPSA) is 85.9 Å². The van der Waals surface area contributed by atoms with Crippen molar-refractivity contribution in [3.8, 4) is 17.2 Å². The first kappa shape index (κ1) is 22.1. The molecule has 0 aliphatic heterocycles. The molecular weight excluding hydrogens is 372 g/mol. The van der Waals surface area contributed by atoms with Crippen molar-refractivity contribution in [2.24, 2.45) is 5.92 Å². The Morgan fingerprint density at radius 3 is 2.21 bits per heavy atom. The standard InChI is InChI=1S/C22H28N2O5/c1-15(2)13-14-28-18-11-9-17(10-12-18)22(26)24-23-21(25)16(3)29-20-8-6-5-7-19(20)27-4/h5-12,15-16H,13-14H2,1-4H3,(H,23,25)(H,24,26). The Balaban J connectivity index is 1.82. The normalized spacial score (nSPS) is 11.5. The molecule has 0 spiro atoms. The highest BCUT2D eigenvalue weighted by molar-refractivity contribution is 5.95. The van der Waals surface area contributed by atoms with Gasteiger partial charge in [0.2, 0.25) is 0 Å². The molecule has 0 aliphatic rings. The molecule has 0 aromatic heterocycles. The highest BCUT2D eigenvalue weighted by Crippen LogP contribution is 2.26. The van der Waals surface area contributed by atoms with Gasteiger partial charge in [0, 0.05) is 5.56 Å². The molecule has 0 saturated carbocycles. The van der Waals surface area contributed by atoms with Crippen LogP contribution in [0.25, 0.3) is 0 Å². The number of nitrogens with one attached hydrogen (secondary N) is 2. The molecule has 156 valence electrons. The number of hydrogen-bond donors (Lipinski definition) is 2. The summed E-state index contributed by atoms with van der Waals surface area (Å²) in [5.74, 6) is 1.31. The zero-order chi connectivity index (χ0) is 21.2. The number of carbonyl (C=O) groups excluding carboxylic acids is 2. The summed E-state index contributed by atoms with van der Waals surface area (Å²) in [7, 11) is 1.52. The van der Waals surface area contributed by atoms with E-state index in [0.29, 0.717) is 35.3 Å². The second kappa shape index (κ2) is 10.9. The Morgan fingerprint density at radius 1 is 0.931 bits per heavy atom. The fraction of sp³-hybridized carbons (Fsp3) is 0.364. The molecule has 2 N–H and O–H groups in total. The predicted octanol–water partition coefficient (Wildman–Crippen LogP) is 3.35. The van der Waals surface area contributed by atoms with E-state index in [1.165, 1.54) is 7.11 Å². The third-order valence-corrected chi connectivity index (χ3v) is 4.12. The minimum absolute atomic E-state index is 0.403. The maximum atomic E-state index is 12.2. The smallest absolute Gasteiger partial charge is 0.279 e. The molecule has 2 aromatic rings. The van der Waals surface area contributed by atoms with E-state index < -0.39 is 17.9 Å². The highest BCUT2D eigenvalue weighted by atomic mass is 16.5. The Morgan fingerprint density at radius 2 is 1.59 bits per heavy atom. The fourth-order valence-corrected chi connectivity index (χ4v) is 2.37. The summed E-state index contributed by atoms with van der Waals surface area (Å²) in [4.78, 5) is 24.4. The number of para-hydroxylation sites is 2. The van der Waals surface area contributed by atoms with Crippen LogP contribution in [0.3, 0.4) is 0 Å². The first-order valence-electron chi connectivity index (χ1n) is 9.53. The van der Waals surface area contributed by atoms with Crippen LogP contribution in [0.4, 0.5) is 0 Å². The molecule has 7 heteroatoms. The molecule has 2 rings (SSSR count). The van der Waals surface area contributed by atoms with Gasteiger partial charge in [-0.15, -0.1) is 0 Å². The van der Waals surface area contributed by atoms with Gasteiger partial charge in [-0.3, -0.25) is 20.4 Å². The summed E-state index contributed by atoms with van der Waals surface area (Å²) in [5, 5.41) is 0. The summed E-state index contributed by atoms with van der Waals surface area (Å²) in [6.45, 7) is 6.47. The van der Waals surface area contributed by atoms with Gasteiger partial charge in [-0.2, -0.15) is 0 Å². The quantitative estimate of drug-likeness (QED) is 0.631. The monoisotopic (exact) mass is 400 g/mol. The summed E-state index contributed by atoms with van der Waals surface area (Å²) in [5.41, 5.74) is 5.15. The predicted molar refractivity (Wildman–Crippen MR) is 110 cm³/mol. The number of ether oxygens (including phenoxy) is 3.